The molecular weight excluding hydrogens is 260 g/mol. The standard InChI is InChI=1S/C13H18N4O3/c14-16-12(18)9-15-11-3-1-2-10(8-11)13(19)17-4-6-20-7-5-17/h1-3,8,15H,4-7,9,14H2,(H,16,18). The predicted octanol–water partition coefficient (Wildman–Crippen LogP) is -0.439. The lowest BCUT2D eigenvalue weighted by molar-refractivity contribution is -0.119. The van der Waals surface area contributed by atoms with E-state index in [-0.39, 0.29) is 18.4 Å². The van der Waals surface area contributed by atoms with Gasteiger partial charge in [-0.3, -0.25) is 15.0 Å². The monoisotopic (exact) mass is 278 g/mol. The molecule has 7 heteroatoms. The number of hydrogen-bond acceptors (Lipinski definition) is 5. The maximum atomic E-state index is 12.3. The third-order valence-electron chi connectivity index (χ3n) is 3.02. The first-order valence-corrected chi connectivity index (χ1v) is 6.41. The van der Waals surface area contributed by atoms with Gasteiger partial charge in [-0.2, -0.15) is 0 Å². The van der Waals surface area contributed by atoms with Crippen LogP contribution in [0.15, 0.2) is 24.3 Å². The number of nitrogens with zero attached hydrogens (tertiary/aromatic N) is 1. The summed E-state index contributed by atoms with van der Waals surface area (Å²) in [7, 11) is 0. The largest absolute Gasteiger partial charge is 0.378 e. The molecule has 0 aromatic heterocycles. The smallest absolute Gasteiger partial charge is 0.254 e. The Bertz CT molecular complexity index is 486. The fourth-order valence-corrected chi connectivity index (χ4v) is 1.94. The molecule has 1 aromatic rings. The van der Waals surface area contributed by atoms with Gasteiger partial charge in [0.1, 0.15) is 0 Å². The first-order chi connectivity index (χ1) is 9.70. The zero-order valence-electron chi connectivity index (χ0n) is 11.1. The van der Waals surface area contributed by atoms with E-state index in [1.165, 1.54) is 0 Å². The molecule has 1 fully saturated rings. The third kappa shape index (κ3) is 3.69. The Morgan fingerprint density at radius 1 is 1.30 bits per heavy atom. The van der Waals surface area contributed by atoms with Crippen molar-refractivity contribution in [3.63, 3.8) is 0 Å². The number of amides is 2. The Balaban J connectivity index is 2.01. The highest BCUT2D eigenvalue weighted by Crippen LogP contribution is 2.13. The molecule has 0 radical (unpaired) electrons. The van der Waals surface area contributed by atoms with Crippen molar-refractivity contribution in [3.05, 3.63) is 29.8 Å². The second-order valence-corrected chi connectivity index (χ2v) is 4.41. The molecule has 108 valence electrons. The fourth-order valence-electron chi connectivity index (χ4n) is 1.94. The number of hydrogen-bond donors (Lipinski definition) is 3. The summed E-state index contributed by atoms with van der Waals surface area (Å²) in [6.45, 7) is 2.41. The van der Waals surface area contributed by atoms with Crippen LogP contribution in [0.2, 0.25) is 0 Å². The van der Waals surface area contributed by atoms with Crippen LogP contribution in [-0.2, 0) is 9.53 Å². The maximum Gasteiger partial charge on any atom is 0.254 e. The quantitative estimate of drug-likeness (QED) is 0.394. The fraction of sp³-hybridized carbons (Fsp3) is 0.385. The van der Waals surface area contributed by atoms with Gasteiger partial charge in [-0.15, -0.1) is 0 Å². The van der Waals surface area contributed by atoms with Gasteiger partial charge < -0.3 is 15.0 Å². The van der Waals surface area contributed by atoms with E-state index in [9.17, 15) is 9.59 Å². The Kier molecular flexibility index (Phi) is 4.91. The Morgan fingerprint density at radius 3 is 2.75 bits per heavy atom. The van der Waals surface area contributed by atoms with Gasteiger partial charge in [0.25, 0.3) is 11.8 Å². The van der Waals surface area contributed by atoms with Gasteiger partial charge in [-0.1, -0.05) is 6.07 Å². The molecule has 1 heterocycles. The normalized spacial score (nSPS) is 14.8. The van der Waals surface area contributed by atoms with E-state index in [4.69, 9.17) is 10.6 Å². The first-order valence-electron chi connectivity index (χ1n) is 6.41. The highest BCUT2D eigenvalue weighted by Gasteiger charge is 2.18. The van der Waals surface area contributed by atoms with Crippen LogP contribution in [0.25, 0.3) is 0 Å². The summed E-state index contributed by atoms with van der Waals surface area (Å²) in [5.74, 6) is 4.65. The zero-order valence-corrected chi connectivity index (χ0v) is 11.1. The molecule has 1 aliphatic heterocycles. The zero-order chi connectivity index (χ0) is 14.4. The van der Waals surface area contributed by atoms with E-state index < -0.39 is 0 Å². The average molecular weight is 278 g/mol. The number of ether oxygens (including phenoxy) is 1. The summed E-state index contributed by atoms with van der Waals surface area (Å²) in [4.78, 5) is 25.1. The molecule has 0 spiro atoms. The minimum Gasteiger partial charge on any atom is -0.378 e. The van der Waals surface area contributed by atoms with Crippen LogP contribution in [-0.4, -0.2) is 49.6 Å². The molecule has 0 saturated carbocycles. The summed E-state index contributed by atoms with van der Waals surface area (Å²) >= 11 is 0. The Hall–Kier alpha value is -2.12. The number of benzene rings is 1. The summed E-state index contributed by atoms with van der Waals surface area (Å²) in [5, 5.41) is 2.91. The van der Waals surface area contributed by atoms with Crippen LogP contribution < -0.4 is 16.6 Å². The molecular formula is C13H18N4O3. The van der Waals surface area contributed by atoms with Gasteiger partial charge in [0.2, 0.25) is 0 Å². The summed E-state index contributed by atoms with van der Waals surface area (Å²) in [6.07, 6.45) is 0. The van der Waals surface area contributed by atoms with E-state index >= 15 is 0 Å². The van der Waals surface area contributed by atoms with Crippen molar-refractivity contribution in [2.24, 2.45) is 5.84 Å². The van der Waals surface area contributed by atoms with Crippen LogP contribution in [0.4, 0.5) is 5.69 Å². The third-order valence-corrected chi connectivity index (χ3v) is 3.02. The molecule has 2 rings (SSSR count). The second-order valence-electron chi connectivity index (χ2n) is 4.41. The average Bonchev–Trinajstić information content (AvgIpc) is 2.53. The molecule has 20 heavy (non-hydrogen) atoms. The van der Waals surface area contributed by atoms with Crippen LogP contribution >= 0.6 is 0 Å². The highest BCUT2D eigenvalue weighted by molar-refractivity contribution is 5.95. The van der Waals surface area contributed by atoms with Crippen LogP contribution in [0, 0.1) is 0 Å². The number of hydrazine groups is 1. The van der Waals surface area contributed by atoms with Gasteiger partial charge in [0.15, 0.2) is 0 Å². The highest BCUT2D eigenvalue weighted by atomic mass is 16.5. The molecule has 4 N–H and O–H groups in total. The lowest BCUT2D eigenvalue weighted by atomic mass is 10.1. The number of carbonyl (C=O) groups excluding carboxylic acids is 2. The summed E-state index contributed by atoms with van der Waals surface area (Å²) in [6, 6.07) is 7.05. The van der Waals surface area contributed by atoms with E-state index in [1.54, 1.807) is 29.2 Å². The van der Waals surface area contributed by atoms with E-state index in [2.05, 4.69) is 5.32 Å². The molecule has 1 aliphatic rings. The number of carbonyl (C=O) groups is 2. The van der Waals surface area contributed by atoms with E-state index in [1.807, 2.05) is 5.43 Å². The van der Waals surface area contributed by atoms with Gasteiger partial charge in [-0.05, 0) is 18.2 Å². The molecule has 0 atom stereocenters. The molecule has 1 aromatic carbocycles. The van der Waals surface area contributed by atoms with Crippen LogP contribution in [0.5, 0.6) is 0 Å². The van der Waals surface area contributed by atoms with Gasteiger partial charge in [0.05, 0.1) is 19.8 Å². The molecule has 2 amide bonds. The molecule has 1 saturated heterocycles. The minimum atomic E-state index is -0.324. The van der Waals surface area contributed by atoms with E-state index in [0.29, 0.717) is 37.6 Å². The Labute approximate surface area is 117 Å². The van der Waals surface area contributed by atoms with Crippen LogP contribution in [0.3, 0.4) is 0 Å². The van der Waals surface area contributed by atoms with Crippen molar-refractivity contribution in [1.82, 2.24) is 10.3 Å². The first kappa shape index (κ1) is 14.3. The number of anilines is 1. The maximum absolute atomic E-state index is 12.3. The second kappa shape index (κ2) is 6.88. The van der Waals surface area contributed by atoms with Crippen molar-refractivity contribution in [2.45, 2.75) is 0 Å². The molecule has 0 unspecified atom stereocenters. The number of rotatable bonds is 4. The minimum absolute atomic E-state index is 0.0276. The Morgan fingerprint density at radius 2 is 2.05 bits per heavy atom. The van der Waals surface area contributed by atoms with Crippen molar-refractivity contribution in [1.29, 1.82) is 0 Å². The van der Waals surface area contributed by atoms with Gasteiger partial charge in [0, 0.05) is 24.3 Å². The van der Waals surface area contributed by atoms with Crippen LogP contribution in [0.1, 0.15) is 10.4 Å². The summed E-state index contributed by atoms with van der Waals surface area (Å²) in [5.41, 5.74) is 3.32. The van der Waals surface area contributed by atoms with Crippen molar-refractivity contribution in [3.8, 4) is 0 Å². The lowest BCUT2D eigenvalue weighted by Gasteiger charge is -2.27. The number of nitrogens with two attached hydrogens (primary N) is 1. The lowest BCUT2D eigenvalue weighted by Crippen LogP contribution is -2.40. The number of nitrogens with one attached hydrogen (secondary N) is 2. The van der Waals surface area contributed by atoms with Crippen molar-refractivity contribution < 1.29 is 14.3 Å². The SMILES string of the molecule is NNC(=O)CNc1cccc(C(=O)N2CCOCC2)c1. The van der Waals surface area contributed by atoms with Gasteiger partial charge in [-0.25, -0.2) is 5.84 Å². The number of morpholine rings is 1. The molecule has 0 bridgehead atoms. The molecule has 0 aliphatic carbocycles. The van der Waals surface area contributed by atoms with E-state index in [0.717, 1.165) is 0 Å². The topological polar surface area (TPSA) is 96.7 Å². The summed E-state index contributed by atoms with van der Waals surface area (Å²) < 4.78 is 5.22. The van der Waals surface area contributed by atoms with Crippen molar-refractivity contribution in [2.75, 3.05) is 38.2 Å². The van der Waals surface area contributed by atoms with Crippen molar-refractivity contribution >= 4 is 17.5 Å². The molecule has 7 nitrogen and oxygen atoms in total. The predicted molar refractivity (Wildman–Crippen MR) is 74.0 cm³/mol. The van der Waals surface area contributed by atoms with Gasteiger partial charge >= 0.3 is 0 Å².